The number of benzene rings is 1. The quantitative estimate of drug-likeness (QED) is 0.724. The van der Waals surface area contributed by atoms with Gasteiger partial charge in [0.1, 0.15) is 18.5 Å². The van der Waals surface area contributed by atoms with Crippen LogP contribution < -0.4 is 10.1 Å². The molecular weight excluding hydrogens is 291 g/mol. The van der Waals surface area contributed by atoms with E-state index in [1.165, 1.54) is 0 Å². The second-order valence-electron chi connectivity index (χ2n) is 4.23. The molecule has 7 heteroatoms. The monoisotopic (exact) mass is 309 g/mol. The Labute approximate surface area is 120 Å². The zero-order valence-electron chi connectivity index (χ0n) is 11.1. The van der Waals surface area contributed by atoms with Crippen molar-refractivity contribution in [3.8, 4) is 5.75 Å². The summed E-state index contributed by atoms with van der Waals surface area (Å²) in [4.78, 5) is 0. The molecular formula is C13H18F3NO2S. The molecule has 1 atom stereocenters. The third-order valence-electron chi connectivity index (χ3n) is 2.45. The van der Waals surface area contributed by atoms with Gasteiger partial charge < -0.3 is 15.2 Å². The highest BCUT2D eigenvalue weighted by Crippen LogP contribution is 2.29. The Morgan fingerprint density at radius 3 is 2.70 bits per heavy atom. The van der Waals surface area contributed by atoms with Crippen molar-refractivity contribution in [2.24, 2.45) is 0 Å². The minimum Gasteiger partial charge on any atom is -0.491 e. The molecule has 0 aliphatic carbocycles. The number of hydrogen-bond donors (Lipinski definition) is 2. The second kappa shape index (κ2) is 8.39. The van der Waals surface area contributed by atoms with Crippen molar-refractivity contribution in [2.75, 3.05) is 25.4 Å². The van der Waals surface area contributed by atoms with Gasteiger partial charge in [-0.2, -0.15) is 13.2 Å². The number of aliphatic hydroxyl groups excluding tert-OH is 1. The van der Waals surface area contributed by atoms with Gasteiger partial charge in [0.25, 0.3) is 0 Å². The molecule has 0 saturated carbocycles. The Bertz CT molecular complexity index is 401. The number of aliphatic hydroxyl groups is 1. The number of thioether (sulfide) groups is 1. The molecule has 0 aliphatic rings. The van der Waals surface area contributed by atoms with Gasteiger partial charge in [-0.1, -0.05) is 18.2 Å². The number of halogens is 3. The molecule has 20 heavy (non-hydrogen) atoms. The van der Waals surface area contributed by atoms with Gasteiger partial charge in [0.15, 0.2) is 0 Å². The highest BCUT2D eigenvalue weighted by molar-refractivity contribution is 8.00. The molecule has 0 aliphatic heterocycles. The van der Waals surface area contributed by atoms with E-state index >= 15 is 0 Å². The number of para-hydroxylation sites is 1. The maximum atomic E-state index is 11.9. The Morgan fingerprint density at radius 2 is 2.05 bits per heavy atom. The lowest BCUT2D eigenvalue weighted by Gasteiger charge is -2.14. The molecule has 0 spiro atoms. The number of ether oxygens (including phenoxy) is 1. The Kier molecular flexibility index (Phi) is 7.18. The fraction of sp³-hybridized carbons (Fsp3) is 0.538. The van der Waals surface area contributed by atoms with E-state index in [4.69, 9.17) is 4.74 Å². The van der Waals surface area contributed by atoms with E-state index in [1.54, 1.807) is 6.07 Å². The molecule has 1 aromatic carbocycles. The number of rotatable bonds is 8. The van der Waals surface area contributed by atoms with Crippen LogP contribution in [0.4, 0.5) is 13.2 Å². The minimum atomic E-state index is -4.20. The largest absolute Gasteiger partial charge is 0.491 e. The molecule has 0 aromatic heterocycles. The summed E-state index contributed by atoms with van der Waals surface area (Å²) in [6.45, 7) is 2.38. The number of hydrogen-bond acceptors (Lipinski definition) is 4. The molecule has 0 fully saturated rings. The highest BCUT2D eigenvalue weighted by Gasteiger charge is 2.27. The van der Waals surface area contributed by atoms with Gasteiger partial charge >= 0.3 is 5.51 Å². The van der Waals surface area contributed by atoms with Gasteiger partial charge in [-0.05, 0) is 30.3 Å². The molecule has 0 amide bonds. The van der Waals surface area contributed by atoms with Crippen LogP contribution in [0.5, 0.6) is 5.75 Å². The Morgan fingerprint density at radius 1 is 1.35 bits per heavy atom. The summed E-state index contributed by atoms with van der Waals surface area (Å²) in [5.41, 5.74) is -3.23. The van der Waals surface area contributed by atoms with Crippen LogP contribution in [0.1, 0.15) is 5.56 Å². The van der Waals surface area contributed by atoms with Crippen molar-refractivity contribution in [3.63, 3.8) is 0 Å². The molecule has 0 heterocycles. The SMILES string of the molecule is Cc1ccccc1OCC(O)CNCCSC(F)(F)F. The Hall–Kier alpha value is -0.920. The summed E-state index contributed by atoms with van der Waals surface area (Å²) >= 11 is -0.0780. The molecule has 0 radical (unpaired) electrons. The molecule has 0 bridgehead atoms. The van der Waals surface area contributed by atoms with E-state index in [9.17, 15) is 18.3 Å². The van der Waals surface area contributed by atoms with Crippen LogP contribution in [-0.2, 0) is 0 Å². The smallest absolute Gasteiger partial charge is 0.441 e. The second-order valence-corrected chi connectivity index (χ2v) is 5.39. The van der Waals surface area contributed by atoms with Gasteiger partial charge in [0, 0.05) is 18.8 Å². The molecule has 1 unspecified atom stereocenters. The first-order valence-electron chi connectivity index (χ1n) is 6.16. The lowest BCUT2D eigenvalue weighted by Crippen LogP contribution is -2.33. The average molecular weight is 309 g/mol. The summed E-state index contributed by atoms with van der Waals surface area (Å²) < 4.78 is 41.0. The normalized spacial score (nSPS) is 13.2. The number of nitrogens with one attached hydrogen (secondary N) is 1. The van der Waals surface area contributed by atoms with E-state index in [0.717, 1.165) is 5.56 Å². The molecule has 1 aromatic rings. The maximum Gasteiger partial charge on any atom is 0.441 e. The van der Waals surface area contributed by atoms with Crippen LogP contribution in [-0.4, -0.2) is 42.2 Å². The topological polar surface area (TPSA) is 41.5 Å². The predicted molar refractivity (Wildman–Crippen MR) is 74.1 cm³/mol. The van der Waals surface area contributed by atoms with Crippen LogP contribution in [0, 0.1) is 6.92 Å². The maximum absolute atomic E-state index is 11.9. The molecule has 2 N–H and O–H groups in total. The minimum absolute atomic E-state index is 0.0745. The first-order valence-corrected chi connectivity index (χ1v) is 7.15. The van der Waals surface area contributed by atoms with E-state index in [0.29, 0.717) is 5.75 Å². The molecule has 0 saturated heterocycles. The number of alkyl halides is 3. The van der Waals surface area contributed by atoms with Crippen molar-refractivity contribution < 1.29 is 23.0 Å². The van der Waals surface area contributed by atoms with Gasteiger partial charge in [-0.3, -0.25) is 0 Å². The predicted octanol–water partition coefficient (Wildman–Crippen LogP) is 2.58. The van der Waals surface area contributed by atoms with Crippen molar-refractivity contribution >= 4 is 11.8 Å². The summed E-state index contributed by atoms with van der Waals surface area (Å²) in [6.07, 6.45) is -0.759. The lowest BCUT2D eigenvalue weighted by molar-refractivity contribution is -0.0327. The zero-order chi connectivity index (χ0) is 15.0. The van der Waals surface area contributed by atoms with E-state index in [2.05, 4.69) is 5.32 Å². The molecule has 114 valence electrons. The summed E-state index contributed by atoms with van der Waals surface area (Å²) in [5.74, 6) is 0.619. The fourth-order valence-corrected chi connectivity index (χ4v) is 1.95. The average Bonchev–Trinajstić information content (AvgIpc) is 2.36. The zero-order valence-corrected chi connectivity index (χ0v) is 11.9. The van der Waals surface area contributed by atoms with Crippen molar-refractivity contribution in [1.29, 1.82) is 0 Å². The van der Waals surface area contributed by atoms with E-state index < -0.39 is 11.6 Å². The van der Waals surface area contributed by atoms with Crippen molar-refractivity contribution in [3.05, 3.63) is 29.8 Å². The van der Waals surface area contributed by atoms with Crippen LogP contribution in [0.3, 0.4) is 0 Å². The van der Waals surface area contributed by atoms with E-state index in [1.807, 2.05) is 25.1 Å². The van der Waals surface area contributed by atoms with Crippen LogP contribution in [0.15, 0.2) is 24.3 Å². The summed E-state index contributed by atoms with van der Waals surface area (Å²) in [7, 11) is 0. The fourth-order valence-electron chi connectivity index (χ4n) is 1.47. The highest BCUT2D eigenvalue weighted by atomic mass is 32.2. The van der Waals surface area contributed by atoms with E-state index in [-0.39, 0.29) is 37.2 Å². The third kappa shape index (κ3) is 7.62. The van der Waals surface area contributed by atoms with Gasteiger partial charge in [-0.25, -0.2) is 0 Å². The molecule has 3 nitrogen and oxygen atoms in total. The first kappa shape index (κ1) is 17.1. The van der Waals surface area contributed by atoms with Gasteiger partial charge in [0.2, 0.25) is 0 Å². The summed E-state index contributed by atoms with van der Waals surface area (Å²) in [5, 5.41) is 12.4. The van der Waals surface area contributed by atoms with Gasteiger partial charge in [-0.15, -0.1) is 0 Å². The van der Waals surface area contributed by atoms with Crippen LogP contribution >= 0.6 is 11.8 Å². The van der Waals surface area contributed by atoms with Crippen molar-refractivity contribution in [2.45, 2.75) is 18.5 Å². The lowest BCUT2D eigenvalue weighted by atomic mass is 10.2. The van der Waals surface area contributed by atoms with Crippen LogP contribution in [0.25, 0.3) is 0 Å². The first-order chi connectivity index (χ1) is 9.38. The van der Waals surface area contributed by atoms with Crippen molar-refractivity contribution in [1.82, 2.24) is 5.32 Å². The summed E-state index contributed by atoms with van der Waals surface area (Å²) in [6, 6.07) is 7.42. The third-order valence-corrected chi connectivity index (χ3v) is 3.18. The molecule has 1 rings (SSSR count). The van der Waals surface area contributed by atoms with Gasteiger partial charge in [0.05, 0.1) is 0 Å². The van der Waals surface area contributed by atoms with Crippen LogP contribution in [0.2, 0.25) is 0 Å². The standard InChI is InChI=1S/C13H18F3NO2S/c1-10-4-2-3-5-12(10)19-9-11(18)8-17-6-7-20-13(14,15)16/h2-5,11,17-18H,6-9H2,1H3. The Balaban J connectivity index is 2.12. The number of aryl methyl sites for hydroxylation is 1.